The number of anilines is 1. The van der Waals surface area contributed by atoms with Crippen LogP contribution in [0.1, 0.15) is 21.7 Å². The third kappa shape index (κ3) is 2.69. The van der Waals surface area contributed by atoms with Gasteiger partial charge in [0.1, 0.15) is 10.6 Å². The van der Waals surface area contributed by atoms with E-state index < -0.39 is 15.9 Å². The molecular formula is C15H15N5O3S. The summed E-state index contributed by atoms with van der Waals surface area (Å²) in [6.45, 7) is 3.46. The van der Waals surface area contributed by atoms with Crippen molar-refractivity contribution in [3.05, 3.63) is 47.4 Å². The van der Waals surface area contributed by atoms with Gasteiger partial charge in [0, 0.05) is 11.6 Å². The van der Waals surface area contributed by atoms with Crippen LogP contribution in [0, 0.1) is 13.8 Å². The number of nitrogens with one attached hydrogen (secondary N) is 2. The molecule has 0 saturated carbocycles. The van der Waals surface area contributed by atoms with E-state index in [0.717, 1.165) is 5.56 Å². The summed E-state index contributed by atoms with van der Waals surface area (Å²) < 4.78 is 27.9. The first-order valence-corrected chi connectivity index (χ1v) is 8.51. The van der Waals surface area contributed by atoms with Crippen LogP contribution in [0.2, 0.25) is 0 Å². The molecule has 2 heterocycles. The van der Waals surface area contributed by atoms with E-state index in [1.807, 2.05) is 13.0 Å². The van der Waals surface area contributed by atoms with Crippen LogP contribution in [0.15, 0.2) is 35.4 Å². The first-order chi connectivity index (χ1) is 11.3. The number of fused-ring (bicyclic) bond motifs is 1. The summed E-state index contributed by atoms with van der Waals surface area (Å²) in [6, 6.07) is 6.72. The number of carbonyl (C=O) groups excluding carboxylic acids is 1. The number of H-pyrrole nitrogens is 1. The Labute approximate surface area is 138 Å². The quantitative estimate of drug-likeness (QED) is 0.659. The zero-order chi connectivity index (χ0) is 17.5. The fraction of sp³-hybridized carbons (Fsp3) is 0.133. The van der Waals surface area contributed by atoms with Crippen molar-refractivity contribution in [2.75, 3.05) is 4.72 Å². The van der Waals surface area contributed by atoms with Crippen molar-refractivity contribution in [3.63, 3.8) is 0 Å². The Bertz CT molecular complexity index is 1060. The molecule has 0 bridgehead atoms. The highest BCUT2D eigenvalue weighted by molar-refractivity contribution is 7.93. The maximum Gasteiger partial charge on any atom is 0.271 e. The van der Waals surface area contributed by atoms with Gasteiger partial charge in [-0.1, -0.05) is 12.1 Å². The van der Waals surface area contributed by atoms with E-state index in [1.165, 1.54) is 6.07 Å². The summed E-state index contributed by atoms with van der Waals surface area (Å²) in [5, 5.41) is 6.97. The molecule has 0 radical (unpaired) electrons. The highest BCUT2D eigenvalue weighted by Gasteiger charge is 2.24. The molecule has 0 aliphatic rings. The van der Waals surface area contributed by atoms with Crippen molar-refractivity contribution in [3.8, 4) is 0 Å². The molecule has 0 aliphatic heterocycles. The minimum Gasteiger partial charge on any atom is -0.364 e. The third-order valence-corrected chi connectivity index (χ3v) is 4.90. The van der Waals surface area contributed by atoms with E-state index in [1.54, 1.807) is 25.3 Å². The summed E-state index contributed by atoms with van der Waals surface area (Å²) in [5.41, 5.74) is 6.74. The van der Waals surface area contributed by atoms with Crippen LogP contribution in [0.5, 0.6) is 0 Å². The number of primary amides is 1. The Hall–Kier alpha value is -2.94. The highest BCUT2D eigenvalue weighted by atomic mass is 32.2. The molecule has 0 fully saturated rings. The lowest BCUT2D eigenvalue weighted by atomic mass is 10.2. The second-order valence-corrected chi connectivity index (χ2v) is 7.03. The van der Waals surface area contributed by atoms with Crippen molar-refractivity contribution in [2.24, 2.45) is 5.73 Å². The number of pyridine rings is 1. The number of sulfonamides is 1. The van der Waals surface area contributed by atoms with E-state index in [9.17, 15) is 13.2 Å². The molecule has 0 atom stereocenters. The Morgan fingerprint density at radius 1 is 1.29 bits per heavy atom. The lowest BCUT2D eigenvalue weighted by Crippen LogP contribution is -2.19. The van der Waals surface area contributed by atoms with Gasteiger partial charge in [0.25, 0.3) is 15.9 Å². The van der Waals surface area contributed by atoms with Gasteiger partial charge in [-0.15, -0.1) is 0 Å². The highest BCUT2D eigenvalue weighted by Crippen LogP contribution is 2.26. The number of aromatic amines is 1. The van der Waals surface area contributed by atoms with Gasteiger partial charge >= 0.3 is 0 Å². The van der Waals surface area contributed by atoms with Gasteiger partial charge in [-0.2, -0.15) is 5.10 Å². The Kier molecular flexibility index (Phi) is 3.72. The molecular weight excluding hydrogens is 330 g/mol. The lowest BCUT2D eigenvalue weighted by Gasteiger charge is -2.10. The molecule has 1 amide bonds. The number of aryl methyl sites for hydroxylation is 2. The zero-order valence-corrected chi connectivity index (χ0v) is 13.8. The molecule has 0 unspecified atom stereocenters. The number of carbonyl (C=O) groups is 1. The molecule has 0 saturated heterocycles. The maximum atomic E-state index is 12.8. The number of para-hydroxylation sites is 1. The number of rotatable bonds is 4. The number of amides is 1. The lowest BCUT2D eigenvalue weighted by molar-refractivity contribution is 0.0996. The van der Waals surface area contributed by atoms with E-state index in [0.29, 0.717) is 16.6 Å². The van der Waals surface area contributed by atoms with E-state index in [2.05, 4.69) is 19.9 Å². The predicted molar refractivity (Wildman–Crippen MR) is 89.1 cm³/mol. The normalized spacial score (nSPS) is 11.6. The SMILES string of the molecule is Cc1cnc2c(S(=O)(=O)Nc3c(C(N)=O)n[nH]c3C)cccc2c1. The first-order valence-electron chi connectivity index (χ1n) is 7.02. The average molecular weight is 345 g/mol. The van der Waals surface area contributed by atoms with E-state index in [-0.39, 0.29) is 16.3 Å². The molecule has 2 aromatic heterocycles. The molecule has 24 heavy (non-hydrogen) atoms. The summed E-state index contributed by atoms with van der Waals surface area (Å²) in [7, 11) is -3.98. The molecule has 0 spiro atoms. The number of hydrogen-bond acceptors (Lipinski definition) is 5. The Morgan fingerprint density at radius 3 is 2.75 bits per heavy atom. The van der Waals surface area contributed by atoms with E-state index >= 15 is 0 Å². The number of hydrogen-bond donors (Lipinski definition) is 3. The van der Waals surface area contributed by atoms with Gasteiger partial charge in [0.05, 0.1) is 11.2 Å². The minimum atomic E-state index is -3.98. The summed E-state index contributed by atoms with van der Waals surface area (Å²) in [6.07, 6.45) is 1.60. The van der Waals surface area contributed by atoms with Crippen LogP contribution in [0.25, 0.3) is 10.9 Å². The maximum absolute atomic E-state index is 12.8. The average Bonchev–Trinajstić information content (AvgIpc) is 2.87. The number of nitrogens with zero attached hydrogens (tertiary/aromatic N) is 2. The molecule has 8 nitrogen and oxygen atoms in total. The van der Waals surface area contributed by atoms with E-state index in [4.69, 9.17) is 5.73 Å². The first kappa shape index (κ1) is 15.9. The molecule has 9 heteroatoms. The second kappa shape index (κ2) is 5.60. The molecule has 3 rings (SSSR count). The van der Waals surface area contributed by atoms with Crippen molar-refractivity contribution < 1.29 is 13.2 Å². The third-order valence-electron chi connectivity index (χ3n) is 3.52. The molecule has 124 valence electrons. The topological polar surface area (TPSA) is 131 Å². The van der Waals surface area contributed by atoms with Gasteiger partial charge in [-0.3, -0.25) is 19.6 Å². The Balaban J connectivity index is 2.13. The monoisotopic (exact) mass is 345 g/mol. The van der Waals surface area contributed by atoms with Crippen molar-refractivity contribution >= 4 is 32.5 Å². The van der Waals surface area contributed by atoms with Crippen LogP contribution in [-0.4, -0.2) is 29.5 Å². The van der Waals surface area contributed by atoms with Crippen molar-refractivity contribution in [1.82, 2.24) is 15.2 Å². The summed E-state index contributed by atoms with van der Waals surface area (Å²) in [4.78, 5) is 15.6. The van der Waals surface area contributed by atoms with Gasteiger partial charge < -0.3 is 5.73 Å². The van der Waals surface area contributed by atoms with Crippen LogP contribution in [0.4, 0.5) is 5.69 Å². The van der Waals surface area contributed by atoms with Crippen molar-refractivity contribution in [1.29, 1.82) is 0 Å². The van der Waals surface area contributed by atoms with Gasteiger partial charge in [0.2, 0.25) is 0 Å². The molecule has 0 aliphatic carbocycles. The standard InChI is InChI=1S/C15H15N5O3S/c1-8-6-10-4-3-5-11(13(10)17-7-8)24(22,23)20-12-9(2)18-19-14(12)15(16)21/h3-7,20H,1-2H3,(H2,16,21)(H,18,19). The fourth-order valence-corrected chi connectivity index (χ4v) is 3.69. The Morgan fingerprint density at radius 2 is 2.04 bits per heavy atom. The van der Waals surface area contributed by atoms with Crippen molar-refractivity contribution in [2.45, 2.75) is 18.7 Å². The second-order valence-electron chi connectivity index (χ2n) is 5.38. The van der Waals surface area contributed by atoms with Gasteiger partial charge in [-0.25, -0.2) is 8.42 Å². The van der Waals surface area contributed by atoms with Gasteiger partial charge in [0.15, 0.2) is 5.69 Å². The number of aromatic nitrogens is 3. The molecule has 4 N–H and O–H groups in total. The number of benzene rings is 1. The summed E-state index contributed by atoms with van der Waals surface area (Å²) >= 11 is 0. The smallest absolute Gasteiger partial charge is 0.271 e. The van der Waals surface area contributed by atoms with Crippen LogP contribution in [0.3, 0.4) is 0 Å². The number of nitrogens with two attached hydrogens (primary N) is 1. The van der Waals surface area contributed by atoms with Crippen LogP contribution >= 0.6 is 0 Å². The largest absolute Gasteiger partial charge is 0.364 e. The van der Waals surface area contributed by atoms with Crippen LogP contribution in [-0.2, 0) is 10.0 Å². The summed E-state index contributed by atoms with van der Waals surface area (Å²) in [5.74, 6) is -0.830. The van der Waals surface area contributed by atoms with Crippen LogP contribution < -0.4 is 10.5 Å². The fourth-order valence-electron chi connectivity index (χ4n) is 2.38. The van der Waals surface area contributed by atoms with Gasteiger partial charge in [-0.05, 0) is 31.5 Å². The minimum absolute atomic E-state index is 0.0102. The molecule has 1 aromatic carbocycles. The predicted octanol–water partition coefficient (Wildman–Crippen LogP) is 1.47. The zero-order valence-electron chi connectivity index (χ0n) is 13.0. The molecule has 3 aromatic rings.